The highest BCUT2D eigenvalue weighted by atomic mass is 16.5. The fourth-order valence-electron chi connectivity index (χ4n) is 2.67. The molecule has 0 saturated carbocycles. The number of benzene rings is 2. The summed E-state index contributed by atoms with van der Waals surface area (Å²) < 4.78 is 14.3. The summed E-state index contributed by atoms with van der Waals surface area (Å²) in [6.07, 6.45) is 0. The standard InChI is InChI=1S/C18H21N4O2/c1-19-22-17(13-5-9-15(23-3)10-6-13)20-21(2)18(22)14-7-11-16(24-4)12-8-14/h5-12,19H,1-4H3/q+1. The molecule has 1 heterocycles. The van der Waals surface area contributed by atoms with Gasteiger partial charge in [0.25, 0.3) is 5.82 Å². The van der Waals surface area contributed by atoms with Crippen molar-refractivity contribution < 1.29 is 14.2 Å². The molecule has 0 saturated heterocycles. The molecule has 0 atom stereocenters. The van der Waals surface area contributed by atoms with Gasteiger partial charge >= 0.3 is 5.82 Å². The van der Waals surface area contributed by atoms with Crippen molar-refractivity contribution in [1.29, 1.82) is 0 Å². The molecule has 2 aromatic carbocycles. The SMILES string of the molecule is CNn1c(-c2ccc(OC)cc2)n[n+](C)c1-c1ccc(OC)cc1. The highest BCUT2D eigenvalue weighted by Gasteiger charge is 2.26. The van der Waals surface area contributed by atoms with E-state index in [9.17, 15) is 0 Å². The summed E-state index contributed by atoms with van der Waals surface area (Å²) >= 11 is 0. The first-order chi connectivity index (χ1) is 11.7. The van der Waals surface area contributed by atoms with Gasteiger partial charge in [0.2, 0.25) is 0 Å². The predicted molar refractivity (Wildman–Crippen MR) is 92.7 cm³/mol. The fraction of sp³-hybridized carbons (Fsp3) is 0.222. The minimum Gasteiger partial charge on any atom is -0.497 e. The number of rotatable bonds is 5. The first-order valence-electron chi connectivity index (χ1n) is 7.63. The molecule has 1 N–H and O–H groups in total. The number of hydrogen-bond acceptors (Lipinski definition) is 4. The van der Waals surface area contributed by atoms with E-state index in [2.05, 4.69) is 10.5 Å². The van der Waals surface area contributed by atoms with E-state index in [1.165, 1.54) is 0 Å². The van der Waals surface area contributed by atoms with Gasteiger partial charge in [-0.3, -0.25) is 5.43 Å². The molecule has 0 radical (unpaired) electrons. The Morgan fingerprint density at radius 1 is 0.875 bits per heavy atom. The van der Waals surface area contributed by atoms with Crippen molar-refractivity contribution >= 4 is 0 Å². The zero-order valence-electron chi connectivity index (χ0n) is 14.3. The van der Waals surface area contributed by atoms with Crippen LogP contribution < -0.4 is 19.6 Å². The van der Waals surface area contributed by atoms with Crippen molar-refractivity contribution in [2.24, 2.45) is 7.05 Å². The Morgan fingerprint density at radius 2 is 1.38 bits per heavy atom. The number of nitrogens with one attached hydrogen (secondary N) is 1. The van der Waals surface area contributed by atoms with Gasteiger partial charge < -0.3 is 9.47 Å². The van der Waals surface area contributed by atoms with Crippen LogP contribution in [0.25, 0.3) is 22.8 Å². The van der Waals surface area contributed by atoms with Crippen LogP contribution >= 0.6 is 0 Å². The maximum Gasteiger partial charge on any atom is 0.334 e. The lowest BCUT2D eigenvalue weighted by atomic mass is 10.2. The maximum absolute atomic E-state index is 5.23. The van der Waals surface area contributed by atoms with Crippen molar-refractivity contribution in [2.75, 3.05) is 26.7 Å². The maximum atomic E-state index is 5.23. The monoisotopic (exact) mass is 325 g/mol. The summed E-state index contributed by atoms with van der Waals surface area (Å²) in [7, 11) is 7.13. The van der Waals surface area contributed by atoms with Crippen LogP contribution in [0.3, 0.4) is 0 Å². The number of aryl methyl sites for hydroxylation is 1. The molecule has 3 aromatic rings. The third-order valence-corrected chi connectivity index (χ3v) is 3.89. The van der Waals surface area contributed by atoms with Crippen LogP contribution in [0.4, 0.5) is 0 Å². The van der Waals surface area contributed by atoms with Crippen molar-refractivity contribution in [3.8, 4) is 34.3 Å². The second kappa shape index (κ2) is 6.62. The van der Waals surface area contributed by atoms with Crippen LogP contribution in [0.15, 0.2) is 48.5 Å². The van der Waals surface area contributed by atoms with Gasteiger partial charge in [-0.2, -0.15) is 0 Å². The van der Waals surface area contributed by atoms with E-state index in [-0.39, 0.29) is 0 Å². The Morgan fingerprint density at radius 3 is 1.83 bits per heavy atom. The van der Waals surface area contributed by atoms with Gasteiger partial charge in [-0.15, -0.1) is 9.36 Å². The Hall–Kier alpha value is -3.02. The molecule has 0 aliphatic rings. The summed E-state index contributed by atoms with van der Waals surface area (Å²) in [5.41, 5.74) is 5.25. The largest absolute Gasteiger partial charge is 0.497 e. The fourth-order valence-corrected chi connectivity index (χ4v) is 2.67. The van der Waals surface area contributed by atoms with E-state index in [1.54, 1.807) is 14.2 Å². The van der Waals surface area contributed by atoms with Crippen molar-refractivity contribution in [1.82, 2.24) is 9.77 Å². The highest BCUT2D eigenvalue weighted by molar-refractivity contribution is 5.62. The minimum atomic E-state index is 0.820. The van der Waals surface area contributed by atoms with Gasteiger partial charge in [0.05, 0.1) is 19.8 Å². The Balaban J connectivity index is 2.08. The minimum absolute atomic E-state index is 0.820. The van der Waals surface area contributed by atoms with E-state index in [1.807, 2.05) is 72.0 Å². The molecule has 1 aromatic heterocycles. The second-order valence-electron chi connectivity index (χ2n) is 5.29. The zero-order chi connectivity index (χ0) is 17.1. The van der Waals surface area contributed by atoms with Gasteiger partial charge in [0.1, 0.15) is 18.5 Å². The molecule has 124 valence electrons. The van der Waals surface area contributed by atoms with Crippen molar-refractivity contribution in [3.05, 3.63) is 48.5 Å². The molecule has 0 aliphatic carbocycles. The van der Waals surface area contributed by atoms with Gasteiger partial charge in [0, 0.05) is 12.6 Å². The number of hydrogen-bond donors (Lipinski definition) is 1. The quantitative estimate of drug-likeness (QED) is 0.731. The van der Waals surface area contributed by atoms with Crippen LogP contribution in [0.5, 0.6) is 11.5 Å². The zero-order valence-corrected chi connectivity index (χ0v) is 14.3. The molecule has 0 fully saturated rings. The van der Waals surface area contributed by atoms with E-state index < -0.39 is 0 Å². The summed E-state index contributed by atoms with van der Waals surface area (Å²) in [5, 5.41) is 4.67. The van der Waals surface area contributed by atoms with Crippen molar-refractivity contribution in [2.45, 2.75) is 0 Å². The average Bonchev–Trinajstić information content (AvgIpc) is 2.98. The molecule has 0 amide bonds. The molecule has 6 heteroatoms. The molecular formula is C18H21N4O2+. The predicted octanol–water partition coefficient (Wildman–Crippen LogP) is 2.23. The Bertz CT molecular complexity index is 823. The summed E-state index contributed by atoms with van der Waals surface area (Å²) in [6.45, 7) is 0. The van der Waals surface area contributed by atoms with Gasteiger partial charge in [-0.1, -0.05) is 0 Å². The van der Waals surface area contributed by atoms with Gasteiger partial charge in [-0.05, 0) is 53.6 Å². The van der Waals surface area contributed by atoms with Crippen LogP contribution in [0, 0.1) is 0 Å². The summed E-state index contributed by atoms with van der Waals surface area (Å²) in [4.78, 5) is 0. The van der Waals surface area contributed by atoms with Crippen LogP contribution in [0.1, 0.15) is 0 Å². The summed E-state index contributed by atoms with van der Waals surface area (Å²) in [5.74, 6) is 3.42. The molecule has 0 unspecified atom stereocenters. The Kier molecular flexibility index (Phi) is 4.37. The van der Waals surface area contributed by atoms with Crippen LogP contribution in [0.2, 0.25) is 0 Å². The molecule has 0 aliphatic heterocycles. The summed E-state index contributed by atoms with van der Waals surface area (Å²) in [6, 6.07) is 15.8. The smallest absolute Gasteiger partial charge is 0.334 e. The lowest BCUT2D eigenvalue weighted by Crippen LogP contribution is -2.33. The third kappa shape index (κ3) is 2.78. The molecule has 0 bridgehead atoms. The molecule has 0 spiro atoms. The third-order valence-electron chi connectivity index (χ3n) is 3.89. The molecular weight excluding hydrogens is 304 g/mol. The van der Waals surface area contributed by atoms with Gasteiger partial charge in [0.15, 0.2) is 0 Å². The van der Waals surface area contributed by atoms with E-state index in [0.29, 0.717) is 0 Å². The molecule has 3 rings (SSSR count). The normalized spacial score (nSPS) is 10.5. The first-order valence-corrected chi connectivity index (χ1v) is 7.63. The second-order valence-corrected chi connectivity index (χ2v) is 5.29. The first kappa shape index (κ1) is 15.9. The lowest BCUT2D eigenvalue weighted by molar-refractivity contribution is -0.717. The number of nitrogens with zero attached hydrogens (tertiary/aromatic N) is 3. The van der Waals surface area contributed by atoms with Crippen molar-refractivity contribution in [3.63, 3.8) is 0 Å². The van der Waals surface area contributed by atoms with Crippen LogP contribution in [-0.2, 0) is 7.05 Å². The van der Waals surface area contributed by atoms with Gasteiger partial charge in [-0.25, -0.2) is 0 Å². The highest BCUT2D eigenvalue weighted by Crippen LogP contribution is 2.25. The van der Waals surface area contributed by atoms with E-state index in [4.69, 9.17) is 9.47 Å². The van der Waals surface area contributed by atoms with Crippen LogP contribution in [-0.4, -0.2) is 31.0 Å². The molecule has 24 heavy (non-hydrogen) atoms. The Labute approximate surface area is 141 Å². The molecule has 6 nitrogen and oxygen atoms in total. The number of aromatic nitrogens is 3. The lowest BCUT2D eigenvalue weighted by Gasteiger charge is -2.04. The van der Waals surface area contributed by atoms with E-state index >= 15 is 0 Å². The van der Waals surface area contributed by atoms with E-state index in [0.717, 1.165) is 34.3 Å². The average molecular weight is 325 g/mol. The number of methoxy groups -OCH3 is 2. The topological polar surface area (TPSA) is 52.2 Å². The number of ether oxygens (including phenoxy) is 2.